The number of likely N-dealkylation sites (tertiary alicyclic amines) is 1. The van der Waals surface area contributed by atoms with Gasteiger partial charge in [-0.15, -0.1) is 11.3 Å². The average Bonchev–Trinajstić information content (AvgIpc) is 3.11. The number of aromatic nitrogens is 1. The quantitative estimate of drug-likeness (QED) is 0.921. The maximum atomic E-state index is 12.7. The van der Waals surface area contributed by atoms with Crippen LogP contribution in [0.1, 0.15) is 29.8 Å². The molecule has 1 fully saturated rings. The normalized spacial score (nSPS) is 17.5. The van der Waals surface area contributed by atoms with Gasteiger partial charge in [-0.2, -0.15) is 0 Å². The van der Waals surface area contributed by atoms with Crippen LogP contribution >= 0.6 is 11.3 Å². The van der Waals surface area contributed by atoms with Gasteiger partial charge in [0, 0.05) is 11.9 Å². The molecule has 0 spiro atoms. The topological polar surface area (TPSA) is 79.7 Å². The summed E-state index contributed by atoms with van der Waals surface area (Å²) < 4.78 is 5.33. The summed E-state index contributed by atoms with van der Waals surface area (Å²) in [6, 6.07) is 6.71. The SMILES string of the molecule is COc1ccccc1-c1nc(C(=O)N2CCCC[C@@H]2C(=O)O)cs1. The van der Waals surface area contributed by atoms with Crippen molar-refractivity contribution in [1.82, 2.24) is 9.88 Å². The predicted molar refractivity (Wildman–Crippen MR) is 90.4 cm³/mol. The number of amides is 1. The summed E-state index contributed by atoms with van der Waals surface area (Å²) in [5.41, 5.74) is 1.10. The molecule has 0 radical (unpaired) electrons. The number of benzene rings is 1. The number of carbonyl (C=O) groups is 2. The summed E-state index contributed by atoms with van der Waals surface area (Å²) in [7, 11) is 1.59. The van der Waals surface area contributed by atoms with Crippen LogP contribution in [0.5, 0.6) is 5.75 Å². The summed E-state index contributed by atoms with van der Waals surface area (Å²) in [6.07, 6.45) is 2.13. The van der Waals surface area contributed by atoms with E-state index >= 15 is 0 Å². The number of ether oxygens (including phenoxy) is 1. The number of carboxylic acids is 1. The molecular formula is C17H18N2O4S. The van der Waals surface area contributed by atoms with E-state index in [1.54, 1.807) is 12.5 Å². The molecule has 2 aromatic rings. The minimum Gasteiger partial charge on any atom is -0.496 e. The summed E-state index contributed by atoms with van der Waals surface area (Å²) in [5.74, 6) is -0.588. The number of para-hydroxylation sites is 1. The van der Waals surface area contributed by atoms with Crippen molar-refractivity contribution in [2.24, 2.45) is 0 Å². The van der Waals surface area contributed by atoms with Gasteiger partial charge in [0.25, 0.3) is 5.91 Å². The van der Waals surface area contributed by atoms with Crippen LogP contribution in [0.4, 0.5) is 0 Å². The number of carboxylic acid groups (broad SMARTS) is 1. The maximum absolute atomic E-state index is 12.7. The van der Waals surface area contributed by atoms with Crippen LogP contribution in [0.25, 0.3) is 10.6 Å². The molecule has 6 nitrogen and oxygen atoms in total. The summed E-state index contributed by atoms with van der Waals surface area (Å²) in [4.78, 5) is 29.9. The molecular weight excluding hydrogens is 328 g/mol. The van der Waals surface area contributed by atoms with Gasteiger partial charge in [0.15, 0.2) is 0 Å². The average molecular weight is 346 g/mol. The van der Waals surface area contributed by atoms with Crippen LogP contribution in [0.15, 0.2) is 29.6 Å². The minimum atomic E-state index is -0.955. The second-order valence-corrected chi connectivity index (χ2v) is 6.44. The van der Waals surface area contributed by atoms with Gasteiger partial charge in [-0.3, -0.25) is 4.79 Å². The molecule has 24 heavy (non-hydrogen) atoms. The van der Waals surface area contributed by atoms with Crippen LogP contribution < -0.4 is 4.74 Å². The van der Waals surface area contributed by atoms with Crippen LogP contribution in [-0.4, -0.2) is 46.6 Å². The smallest absolute Gasteiger partial charge is 0.326 e. The second kappa shape index (κ2) is 7.00. The maximum Gasteiger partial charge on any atom is 0.326 e. The lowest BCUT2D eigenvalue weighted by molar-refractivity contribution is -0.143. The number of hydrogen-bond acceptors (Lipinski definition) is 5. The second-order valence-electron chi connectivity index (χ2n) is 5.59. The number of rotatable bonds is 4. The van der Waals surface area contributed by atoms with E-state index in [2.05, 4.69) is 4.98 Å². The first-order valence-corrected chi connectivity index (χ1v) is 8.62. The summed E-state index contributed by atoms with van der Waals surface area (Å²) in [5, 5.41) is 11.7. The molecule has 0 saturated carbocycles. The van der Waals surface area contributed by atoms with E-state index in [9.17, 15) is 14.7 Å². The third-order valence-corrected chi connectivity index (χ3v) is 4.98. The molecule has 3 rings (SSSR count). The largest absolute Gasteiger partial charge is 0.496 e. The molecule has 1 atom stereocenters. The molecule has 1 aliphatic heterocycles. The number of piperidine rings is 1. The van der Waals surface area contributed by atoms with Gasteiger partial charge in [0.2, 0.25) is 0 Å². The lowest BCUT2D eigenvalue weighted by Crippen LogP contribution is -2.48. The summed E-state index contributed by atoms with van der Waals surface area (Å²) >= 11 is 1.35. The van der Waals surface area contributed by atoms with E-state index < -0.39 is 12.0 Å². The van der Waals surface area contributed by atoms with Crippen molar-refractivity contribution in [3.63, 3.8) is 0 Å². The molecule has 0 aliphatic carbocycles. The van der Waals surface area contributed by atoms with E-state index in [1.807, 2.05) is 24.3 Å². The van der Waals surface area contributed by atoms with Crippen LogP contribution in [-0.2, 0) is 4.79 Å². The van der Waals surface area contributed by atoms with Crippen molar-refractivity contribution in [2.45, 2.75) is 25.3 Å². The molecule has 0 unspecified atom stereocenters. The molecule has 1 aromatic carbocycles. The third-order valence-electron chi connectivity index (χ3n) is 4.11. The van der Waals surface area contributed by atoms with Gasteiger partial charge in [-0.05, 0) is 31.4 Å². The molecule has 7 heteroatoms. The van der Waals surface area contributed by atoms with Gasteiger partial charge in [-0.1, -0.05) is 12.1 Å². The van der Waals surface area contributed by atoms with Crippen LogP contribution in [0, 0.1) is 0 Å². The van der Waals surface area contributed by atoms with Crippen molar-refractivity contribution >= 4 is 23.2 Å². The first-order valence-electron chi connectivity index (χ1n) is 7.74. The highest BCUT2D eigenvalue weighted by Gasteiger charge is 2.33. The standard InChI is InChI=1S/C17H18N2O4S/c1-23-14-8-3-2-6-11(14)15-18-12(10-24-15)16(20)19-9-5-4-7-13(19)17(21)22/h2-3,6,8,10,13H,4-5,7,9H2,1H3,(H,21,22)/t13-/m1/s1. The number of aliphatic carboxylic acids is 1. The zero-order chi connectivity index (χ0) is 17.1. The van der Waals surface area contributed by atoms with E-state index in [0.29, 0.717) is 23.7 Å². The molecule has 126 valence electrons. The zero-order valence-corrected chi connectivity index (χ0v) is 14.1. The highest BCUT2D eigenvalue weighted by Crippen LogP contribution is 2.32. The monoisotopic (exact) mass is 346 g/mol. The Balaban J connectivity index is 1.87. The fraction of sp³-hybridized carbons (Fsp3) is 0.353. The molecule has 2 heterocycles. The van der Waals surface area contributed by atoms with Gasteiger partial charge in [-0.25, -0.2) is 9.78 Å². The van der Waals surface area contributed by atoms with E-state index in [4.69, 9.17) is 4.74 Å². The molecule has 1 aliphatic rings. The fourth-order valence-electron chi connectivity index (χ4n) is 2.90. The van der Waals surface area contributed by atoms with Crippen molar-refractivity contribution in [3.05, 3.63) is 35.3 Å². The molecule has 1 N–H and O–H groups in total. The predicted octanol–water partition coefficient (Wildman–Crippen LogP) is 2.90. The molecule has 1 aromatic heterocycles. The minimum absolute atomic E-state index is 0.286. The number of nitrogens with zero attached hydrogens (tertiary/aromatic N) is 2. The molecule has 1 saturated heterocycles. The Hall–Kier alpha value is -2.41. The van der Waals surface area contributed by atoms with Gasteiger partial charge in [0.1, 0.15) is 22.5 Å². The van der Waals surface area contributed by atoms with Crippen molar-refractivity contribution in [1.29, 1.82) is 0 Å². The molecule has 1 amide bonds. The lowest BCUT2D eigenvalue weighted by atomic mass is 10.0. The highest BCUT2D eigenvalue weighted by molar-refractivity contribution is 7.13. The van der Waals surface area contributed by atoms with Crippen LogP contribution in [0.2, 0.25) is 0 Å². The van der Waals surface area contributed by atoms with Crippen molar-refractivity contribution in [2.75, 3.05) is 13.7 Å². The van der Waals surface area contributed by atoms with Crippen molar-refractivity contribution in [3.8, 4) is 16.3 Å². The Morgan fingerprint density at radius 1 is 1.33 bits per heavy atom. The first-order chi connectivity index (χ1) is 11.6. The Labute approximate surface area is 143 Å². The van der Waals surface area contributed by atoms with E-state index in [-0.39, 0.29) is 11.6 Å². The van der Waals surface area contributed by atoms with Gasteiger partial charge >= 0.3 is 5.97 Å². The van der Waals surface area contributed by atoms with E-state index in [1.165, 1.54) is 16.2 Å². The Morgan fingerprint density at radius 3 is 2.88 bits per heavy atom. The summed E-state index contributed by atoms with van der Waals surface area (Å²) in [6.45, 7) is 0.456. The number of carbonyl (C=O) groups excluding carboxylic acids is 1. The highest BCUT2D eigenvalue weighted by atomic mass is 32.1. The van der Waals surface area contributed by atoms with Crippen LogP contribution in [0.3, 0.4) is 0 Å². The van der Waals surface area contributed by atoms with Gasteiger partial charge < -0.3 is 14.7 Å². The lowest BCUT2D eigenvalue weighted by Gasteiger charge is -2.32. The number of hydrogen-bond donors (Lipinski definition) is 1. The Kier molecular flexibility index (Phi) is 4.80. The first kappa shape index (κ1) is 16.4. The number of methoxy groups -OCH3 is 1. The van der Waals surface area contributed by atoms with E-state index in [0.717, 1.165) is 18.4 Å². The Bertz CT molecular complexity index is 759. The van der Waals surface area contributed by atoms with Crippen molar-refractivity contribution < 1.29 is 19.4 Å². The number of thiazole rings is 1. The molecule has 0 bridgehead atoms. The third kappa shape index (κ3) is 3.12. The Morgan fingerprint density at radius 2 is 2.12 bits per heavy atom. The van der Waals surface area contributed by atoms with Gasteiger partial charge in [0.05, 0.1) is 12.7 Å². The zero-order valence-electron chi connectivity index (χ0n) is 13.3. The fourth-order valence-corrected chi connectivity index (χ4v) is 3.72.